The van der Waals surface area contributed by atoms with E-state index in [9.17, 15) is 9.59 Å². The monoisotopic (exact) mass is 383 g/mol. The van der Waals surface area contributed by atoms with Crippen LogP contribution in [-0.2, 0) is 11.3 Å². The third-order valence-electron chi connectivity index (χ3n) is 3.96. The van der Waals surface area contributed by atoms with E-state index in [1.165, 1.54) is 11.0 Å². The number of amides is 2. The van der Waals surface area contributed by atoms with Crippen LogP contribution in [0.25, 0.3) is 0 Å². The summed E-state index contributed by atoms with van der Waals surface area (Å²) in [5.74, 6) is -0.475. The Morgan fingerprint density at radius 2 is 1.78 bits per heavy atom. The van der Waals surface area contributed by atoms with E-state index in [1.54, 1.807) is 24.3 Å². The van der Waals surface area contributed by atoms with E-state index in [1.807, 2.05) is 32.0 Å². The molecule has 0 bridgehead atoms. The summed E-state index contributed by atoms with van der Waals surface area (Å²) >= 11 is 5.81. The van der Waals surface area contributed by atoms with Gasteiger partial charge in [-0.3, -0.25) is 14.9 Å². The van der Waals surface area contributed by atoms with E-state index in [4.69, 9.17) is 11.6 Å². The number of carbonyl (C=O) groups is 2. The summed E-state index contributed by atoms with van der Waals surface area (Å²) in [6.45, 7) is 3.98. The molecule has 0 radical (unpaired) electrons. The second kappa shape index (κ2) is 8.01. The van der Waals surface area contributed by atoms with Crippen LogP contribution in [0.15, 0.2) is 48.8 Å². The van der Waals surface area contributed by atoms with Gasteiger partial charge in [-0.1, -0.05) is 17.7 Å². The summed E-state index contributed by atoms with van der Waals surface area (Å²) in [7, 11) is 0. The predicted molar refractivity (Wildman–Crippen MR) is 104 cm³/mol. The van der Waals surface area contributed by atoms with Crippen molar-refractivity contribution in [1.82, 2.24) is 14.8 Å². The number of rotatable bonds is 5. The van der Waals surface area contributed by atoms with Crippen LogP contribution in [0.3, 0.4) is 0 Å². The molecule has 0 aliphatic rings. The summed E-state index contributed by atoms with van der Waals surface area (Å²) in [5, 5.41) is 10.0. The van der Waals surface area contributed by atoms with Gasteiger partial charge in [0.05, 0.1) is 0 Å². The van der Waals surface area contributed by atoms with Gasteiger partial charge in [-0.25, -0.2) is 9.67 Å². The maximum absolute atomic E-state index is 12.2. The minimum absolute atomic E-state index is 0.0171. The normalized spacial score (nSPS) is 10.5. The molecule has 27 heavy (non-hydrogen) atoms. The van der Waals surface area contributed by atoms with E-state index in [2.05, 4.69) is 20.7 Å². The number of nitrogens with zero attached hydrogens (tertiary/aromatic N) is 3. The van der Waals surface area contributed by atoms with Gasteiger partial charge in [-0.15, -0.1) is 5.10 Å². The number of hydrogen-bond donors (Lipinski definition) is 2. The molecule has 2 N–H and O–H groups in total. The quantitative estimate of drug-likeness (QED) is 0.706. The average Bonchev–Trinajstić information content (AvgIpc) is 3.05. The van der Waals surface area contributed by atoms with Crippen LogP contribution in [0.4, 0.5) is 11.6 Å². The molecule has 0 unspecified atom stereocenters. The molecular formula is C19H18ClN5O2. The maximum atomic E-state index is 12.2. The number of hydrogen-bond acceptors (Lipinski definition) is 4. The largest absolute Gasteiger partial charge is 0.324 e. The first kappa shape index (κ1) is 18.6. The van der Waals surface area contributed by atoms with E-state index >= 15 is 0 Å². The molecule has 0 fully saturated rings. The lowest BCUT2D eigenvalue weighted by Gasteiger charge is -2.07. The standard InChI is InChI=1S/C19H18ClN5O2/c1-12-3-8-16(9-13(12)2)22-17(26)10-25-11-21-19(24-25)23-18(27)14-4-6-15(20)7-5-14/h3-9,11H,10H2,1-2H3,(H,22,26)(H,23,24,27). The summed E-state index contributed by atoms with van der Waals surface area (Å²) in [6.07, 6.45) is 1.39. The van der Waals surface area contributed by atoms with Crippen molar-refractivity contribution in [2.45, 2.75) is 20.4 Å². The third kappa shape index (κ3) is 4.92. The predicted octanol–water partition coefficient (Wildman–Crippen LogP) is 3.44. The Balaban J connectivity index is 1.58. The van der Waals surface area contributed by atoms with Crippen molar-refractivity contribution in [3.05, 3.63) is 70.5 Å². The Morgan fingerprint density at radius 3 is 2.48 bits per heavy atom. The molecule has 0 spiro atoms. The van der Waals surface area contributed by atoms with Crippen molar-refractivity contribution in [1.29, 1.82) is 0 Å². The SMILES string of the molecule is Cc1ccc(NC(=O)Cn2cnc(NC(=O)c3ccc(Cl)cc3)n2)cc1C. The van der Waals surface area contributed by atoms with Crippen LogP contribution in [0.1, 0.15) is 21.5 Å². The summed E-state index contributed by atoms with van der Waals surface area (Å²) < 4.78 is 1.36. The molecule has 2 amide bonds. The minimum atomic E-state index is -0.357. The lowest BCUT2D eigenvalue weighted by molar-refractivity contribution is -0.116. The van der Waals surface area contributed by atoms with E-state index in [0.717, 1.165) is 16.8 Å². The molecule has 138 valence electrons. The zero-order valence-corrected chi connectivity index (χ0v) is 15.6. The molecule has 3 aromatic rings. The number of aryl methyl sites for hydroxylation is 2. The zero-order valence-electron chi connectivity index (χ0n) is 14.9. The Labute approximate surface area is 161 Å². The lowest BCUT2D eigenvalue weighted by Crippen LogP contribution is -2.19. The molecule has 0 saturated carbocycles. The van der Waals surface area contributed by atoms with Crippen LogP contribution >= 0.6 is 11.6 Å². The maximum Gasteiger partial charge on any atom is 0.258 e. The molecule has 1 aromatic heterocycles. The Bertz CT molecular complexity index is 982. The van der Waals surface area contributed by atoms with Gasteiger partial charge in [0.15, 0.2) is 0 Å². The van der Waals surface area contributed by atoms with Gasteiger partial charge >= 0.3 is 0 Å². The Hall–Kier alpha value is -3.19. The Kier molecular flexibility index (Phi) is 5.52. The number of nitrogens with one attached hydrogen (secondary N) is 2. The van der Waals surface area contributed by atoms with Crippen LogP contribution in [0, 0.1) is 13.8 Å². The second-order valence-electron chi connectivity index (χ2n) is 6.07. The topological polar surface area (TPSA) is 88.9 Å². The summed E-state index contributed by atoms with van der Waals surface area (Å²) in [5.41, 5.74) is 3.41. The number of anilines is 2. The number of carbonyl (C=O) groups excluding carboxylic acids is 2. The molecular weight excluding hydrogens is 366 g/mol. The first-order valence-electron chi connectivity index (χ1n) is 8.24. The average molecular weight is 384 g/mol. The first-order valence-corrected chi connectivity index (χ1v) is 8.62. The van der Waals surface area contributed by atoms with Crippen molar-refractivity contribution in [2.75, 3.05) is 10.6 Å². The van der Waals surface area contributed by atoms with Gasteiger partial charge in [0.1, 0.15) is 12.9 Å². The molecule has 0 atom stereocenters. The molecule has 3 rings (SSSR count). The lowest BCUT2D eigenvalue weighted by atomic mass is 10.1. The van der Waals surface area contributed by atoms with Gasteiger partial charge in [0, 0.05) is 16.3 Å². The highest BCUT2D eigenvalue weighted by molar-refractivity contribution is 6.30. The minimum Gasteiger partial charge on any atom is -0.324 e. The number of halogens is 1. The fourth-order valence-electron chi connectivity index (χ4n) is 2.37. The summed E-state index contributed by atoms with van der Waals surface area (Å²) in [6, 6.07) is 12.2. The van der Waals surface area contributed by atoms with Crippen molar-refractivity contribution in [2.24, 2.45) is 0 Å². The molecule has 7 nitrogen and oxygen atoms in total. The van der Waals surface area contributed by atoms with Gasteiger partial charge in [-0.2, -0.15) is 0 Å². The number of benzene rings is 2. The highest BCUT2D eigenvalue weighted by Gasteiger charge is 2.11. The zero-order chi connectivity index (χ0) is 19.4. The van der Waals surface area contributed by atoms with E-state index < -0.39 is 0 Å². The van der Waals surface area contributed by atoms with Crippen LogP contribution in [0.2, 0.25) is 5.02 Å². The molecule has 2 aromatic carbocycles. The van der Waals surface area contributed by atoms with E-state index in [0.29, 0.717) is 10.6 Å². The smallest absolute Gasteiger partial charge is 0.258 e. The van der Waals surface area contributed by atoms with Crippen LogP contribution in [0.5, 0.6) is 0 Å². The van der Waals surface area contributed by atoms with Crippen LogP contribution < -0.4 is 10.6 Å². The van der Waals surface area contributed by atoms with Crippen molar-refractivity contribution < 1.29 is 9.59 Å². The van der Waals surface area contributed by atoms with Gasteiger partial charge < -0.3 is 5.32 Å². The highest BCUT2D eigenvalue weighted by atomic mass is 35.5. The van der Waals surface area contributed by atoms with Gasteiger partial charge in [0.2, 0.25) is 11.9 Å². The van der Waals surface area contributed by atoms with Crippen molar-refractivity contribution in [3.8, 4) is 0 Å². The fourth-order valence-corrected chi connectivity index (χ4v) is 2.50. The van der Waals surface area contributed by atoms with Gasteiger partial charge in [0.25, 0.3) is 5.91 Å². The molecule has 0 aliphatic carbocycles. The van der Waals surface area contributed by atoms with Crippen molar-refractivity contribution in [3.63, 3.8) is 0 Å². The molecule has 0 aliphatic heterocycles. The van der Waals surface area contributed by atoms with Gasteiger partial charge in [-0.05, 0) is 61.4 Å². The third-order valence-corrected chi connectivity index (χ3v) is 4.22. The first-order chi connectivity index (χ1) is 12.9. The number of aromatic nitrogens is 3. The fraction of sp³-hybridized carbons (Fsp3) is 0.158. The van der Waals surface area contributed by atoms with Crippen LogP contribution in [-0.4, -0.2) is 26.6 Å². The Morgan fingerprint density at radius 1 is 1.04 bits per heavy atom. The second-order valence-corrected chi connectivity index (χ2v) is 6.51. The molecule has 1 heterocycles. The van der Waals surface area contributed by atoms with E-state index in [-0.39, 0.29) is 24.3 Å². The summed E-state index contributed by atoms with van der Waals surface area (Å²) in [4.78, 5) is 28.3. The van der Waals surface area contributed by atoms with Crippen molar-refractivity contribution >= 4 is 35.1 Å². The molecule has 0 saturated heterocycles. The molecule has 8 heteroatoms. The highest BCUT2D eigenvalue weighted by Crippen LogP contribution is 2.14.